The van der Waals surface area contributed by atoms with Crippen LogP contribution < -0.4 is 0 Å². The van der Waals surface area contributed by atoms with E-state index in [9.17, 15) is 14.4 Å². The van der Waals surface area contributed by atoms with Crippen LogP contribution in [0.15, 0.2) is 60.8 Å². The molecule has 1 atom stereocenters. The van der Waals surface area contributed by atoms with Gasteiger partial charge in [0.05, 0.1) is 0 Å². The van der Waals surface area contributed by atoms with Crippen LogP contribution in [0.3, 0.4) is 0 Å². The molecule has 0 heterocycles. The number of unbranched alkanes of at least 4 members (excludes halogenated alkanes) is 44. The van der Waals surface area contributed by atoms with Crippen molar-refractivity contribution in [2.75, 3.05) is 13.2 Å². The molecule has 0 aliphatic carbocycles. The molecule has 0 N–H and O–H groups in total. The van der Waals surface area contributed by atoms with E-state index in [0.29, 0.717) is 19.3 Å². The zero-order chi connectivity index (χ0) is 57.8. The molecule has 0 bridgehead atoms. The van der Waals surface area contributed by atoms with Crippen molar-refractivity contribution < 1.29 is 28.6 Å². The van der Waals surface area contributed by atoms with Gasteiger partial charge in [0.15, 0.2) is 6.10 Å². The van der Waals surface area contributed by atoms with Gasteiger partial charge in [-0.15, -0.1) is 0 Å². The molecule has 0 aliphatic rings. The molecular weight excluding hydrogens is 985 g/mol. The molecule has 0 aromatic heterocycles. The number of carbonyl (C=O) groups excluding carboxylic acids is 3. The van der Waals surface area contributed by atoms with Crippen molar-refractivity contribution in [2.24, 2.45) is 0 Å². The van der Waals surface area contributed by atoms with E-state index in [4.69, 9.17) is 14.2 Å². The lowest BCUT2D eigenvalue weighted by atomic mass is 10.0. The van der Waals surface area contributed by atoms with Crippen LogP contribution in [0.2, 0.25) is 0 Å². The summed E-state index contributed by atoms with van der Waals surface area (Å²) in [5, 5.41) is 0. The summed E-state index contributed by atoms with van der Waals surface area (Å²) in [6, 6.07) is 0. The zero-order valence-electron chi connectivity index (χ0n) is 53.6. The molecule has 6 nitrogen and oxygen atoms in total. The van der Waals surface area contributed by atoms with Crippen LogP contribution in [0.25, 0.3) is 0 Å². The summed E-state index contributed by atoms with van der Waals surface area (Å²) < 4.78 is 17.0. The van der Waals surface area contributed by atoms with Gasteiger partial charge in [-0.3, -0.25) is 14.4 Å². The Morgan fingerprint density at radius 1 is 0.263 bits per heavy atom. The number of esters is 3. The zero-order valence-corrected chi connectivity index (χ0v) is 53.6. The second-order valence-corrected chi connectivity index (χ2v) is 23.8. The van der Waals surface area contributed by atoms with Crippen LogP contribution >= 0.6 is 0 Å². The van der Waals surface area contributed by atoms with Gasteiger partial charge in [0.1, 0.15) is 13.2 Å². The minimum Gasteiger partial charge on any atom is -0.462 e. The van der Waals surface area contributed by atoms with E-state index in [2.05, 4.69) is 81.5 Å². The fraction of sp³-hybridized carbons (Fsp3) is 0.824. The lowest BCUT2D eigenvalue weighted by Crippen LogP contribution is -2.30. The van der Waals surface area contributed by atoms with Gasteiger partial charge >= 0.3 is 17.9 Å². The summed E-state index contributed by atoms with van der Waals surface area (Å²) in [4.78, 5) is 38.5. The number of ether oxygens (including phenoxy) is 3. The Bertz CT molecular complexity index is 1430. The van der Waals surface area contributed by atoms with Crippen LogP contribution in [0.1, 0.15) is 374 Å². The average molecular weight is 1120 g/mol. The fourth-order valence-electron chi connectivity index (χ4n) is 10.5. The third kappa shape index (κ3) is 65.9. The highest BCUT2D eigenvalue weighted by atomic mass is 16.6. The molecule has 0 aromatic rings. The van der Waals surface area contributed by atoms with E-state index in [1.54, 1.807) is 0 Å². The lowest BCUT2D eigenvalue weighted by Gasteiger charge is -2.18. The van der Waals surface area contributed by atoms with Crippen molar-refractivity contribution >= 4 is 17.9 Å². The molecule has 6 heteroatoms. The lowest BCUT2D eigenvalue weighted by molar-refractivity contribution is -0.167. The third-order valence-corrected chi connectivity index (χ3v) is 15.8. The van der Waals surface area contributed by atoms with Crippen molar-refractivity contribution in [3.8, 4) is 0 Å². The minimum absolute atomic E-state index is 0.0684. The second kappa shape index (κ2) is 68.6. The van der Waals surface area contributed by atoms with Gasteiger partial charge in [-0.2, -0.15) is 0 Å². The van der Waals surface area contributed by atoms with Crippen LogP contribution in [0, 0.1) is 0 Å². The van der Waals surface area contributed by atoms with Gasteiger partial charge in [0, 0.05) is 19.3 Å². The molecule has 80 heavy (non-hydrogen) atoms. The third-order valence-electron chi connectivity index (χ3n) is 15.8. The monoisotopic (exact) mass is 1120 g/mol. The normalized spacial score (nSPS) is 12.4. The van der Waals surface area contributed by atoms with Crippen LogP contribution in [0.5, 0.6) is 0 Å². The van der Waals surface area contributed by atoms with E-state index in [1.165, 1.54) is 244 Å². The maximum atomic E-state index is 13.0. The SMILES string of the molecule is CC/C=C\C/C=C\C/C=C\C/C=C\C/C=C\CCCCCCCCCCCCCC(=O)OCC(COC(=O)CCCCCCCCCCCCCCCCCCC)OC(=O)CCCCCCCCCCCCCCCCCCCC. The molecule has 0 saturated heterocycles. The Balaban J connectivity index is 4.29. The molecule has 0 aliphatic heterocycles. The van der Waals surface area contributed by atoms with Crippen molar-refractivity contribution in [2.45, 2.75) is 380 Å². The number of rotatable bonds is 65. The summed E-state index contributed by atoms with van der Waals surface area (Å²) >= 11 is 0. The first-order valence-corrected chi connectivity index (χ1v) is 35.3. The van der Waals surface area contributed by atoms with E-state index < -0.39 is 6.10 Å². The molecule has 0 amide bonds. The summed E-state index contributed by atoms with van der Waals surface area (Å²) in [5.74, 6) is -0.843. The Morgan fingerprint density at radius 2 is 0.487 bits per heavy atom. The molecule has 0 rings (SSSR count). The average Bonchev–Trinajstić information content (AvgIpc) is 3.46. The summed E-state index contributed by atoms with van der Waals surface area (Å²) in [5.41, 5.74) is 0. The second-order valence-electron chi connectivity index (χ2n) is 23.8. The van der Waals surface area contributed by atoms with E-state index in [1.807, 2.05) is 0 Å². The summed E-state index contributed by atoms with van der Waals surface area (Å²) in [6.45, 7) is 6.60. The van der Waals surface area contributed by atoms with Gasteiger partial charge in [-0.05, 0) is 64.2 Å². The molecule has 0 fully saturated rings. The standard InChI is InChI=1S/C74H134O6/c1-4-7-10-13-16-19-22-25-28-31-33-34-35-36-37-38-39-40-41-44-46-49-52-55-58-61-64-67-73(76)79-70-71(69-78-72(75)66-63-60-57-54-51-48-45-42-30-27-24-21-18-15-12-9-6-3)80-74(77)68-65-62-59-56-53-50-47-43-32-29-26-23-20-17-14-11-8-5-2/h7,10,16,19,25,28,33-34,36-37,71H,4-6,8-9,11-15,17-18,20-24,26-27,29-32,35,38-70H2,1-3H3/b10-7-,19-16-,28-25-,34-33-,37-36-. The van der Waals surface area contributed by atoms with E-state index >= 15 is 0 Å². The van der Waals surface area contributed by atoms with Gasteiger partial charge in [-0.25, -0.2) is 0 Å². The van der Waals surface area contributed by atoms with Gasteiger partial charge < -0.3 is 14.2 Å². The maximum absolute atomic E-state index is 13.0. The van der Waals surface area contributed by atoms with Crippen molar-refractivity contribution in [1.82, 2.24) is 0 Å². The predicted octanol–water partition coefficient (Wildman–Crippen LogP) is 24.3. The van der Waals surface area contributed by atoms with E-state index in [-0.39, 0.29) is 31.1 Å². The topological polar surface area (TPSA) is 78.9 Å². The van der Waals surface area contributed by atoms with Gasteiger partial charge in [0.25, 0.3) is 0 Å². The Hall–Kier alpha value is -2.89. The van der Waals surface area contributed by atoms with Crippen molar-refractivity contribution in [1.29, 1.82) is 0 Å². The molecule has 0 spiro atoms. The van der Waals surface area contributed by atoms with Crippen molar-refractivity contribution in [3.63, 3.8) is 0 Å². The fourth-order valence-corrected chi connectivity index (χ4v) is 10.5. The Kier molecular flexibility index (Phi) is 66.1. The first-order valence-electron chi connectivity index (χ1n) is 35.3. The predicted molar refractivity (Wildman–Crippen MR) is 348 cm³/mol. The highest BCUT2D eigenvalue weighted by Gasteiger charge is 2.19. The number of hydrogen-bond donors (Lipinski definition) is 0. The van der Waals surface area contributed by atoms with Gasteiger partial charge in [0.2, 0.25) is 0 Å². The minimum atomic E-state index is -0.773. The molecule has 0 aromatic carbocycles. The summed E-state index contributed by atoms with van der Waals surface area (Å²) in [7, 11) is 0. The molecule has 1 unspecified atom stereocenters. The Labute approximate surface area is 498 Å². The van der Waals surface area contributed by atoms with Gasteiger partial charge in [-0.1, -0.05) is 351 Å². The smallest absolute Gasteiger partial charge is 0.306 e. The molecule has 466 valence electrons. The van der Waals surface area contributed by atoms with Crippen molar-refractivity contribution in [3.05, 3.63) is 60.8 Å². The summed E-state index contributed by atoms with van der Waals surface area (Å²) in [6.07, 6.45) is 88.1. The maximum Gasteiger partial charge on any atom is 0.306 e. The first kappa shape index (κ1) is 77.1. The molecule has 0 saturated carbocycles. The number of hydrogen-bond acceptors (Lipinski definition) is 6. The highest BCUT2D eigenvalue weighted by molar-refractivity contribution is 5.71. The number of carbonyl (C=O) groups is 3. The molecular formula is C74H134O6. The van der Waals surface area contributed by atoms with Crippen LogP contribution in [-0.4, -0.2) is 37.2 Å². The largest absolute Gasteiger partial charge is 0.462 e. The van der Waals surface area contributed by atoms with Crippen LogP contribution in [0.4, 0.5) is 0 Å². The highest BCUT2D eigenvalue weighted by Crippen LogP contribution is 2.18. The Morgan fingerprint density at radius 3 is 0.762 bits per heavy atom. The number of allylic oxidation sites excluding steroid dienone is 10. The van der Waals surface area contributed by atoms with E-state index in [0.717, 1.165) is 89.9 Å². The molecule has 0 radical (unpaired) electrons. The first-order chi connectivity index (χ1) is 39.5. The van der Waals surface area contributed by atoms with Crippen LogP contribution in [-0.2, 0) is 28.6 Å². The quantitative estimate of drug-likeness (QED) is 0.0261.